The van der Waals surface area contributed by atoms with Crippen molar-refractivity contribution >= 4 is 5.69 Å². The molecule has 1 aliphatic heterocycles. The van der Waals surface area contributed by atoms with Crippen LogP contribution in [0.15, 0.2) is 18.2 Å². The van der Waals surface area contributed by atoms with E-state index in [1.165, 1.54) is 18.5 Å². The standard InChI is InChI=1S/C14H20FN/c1-3-11(2)13-10-12(6-7-14(13)15)16-8-4-5-9-16/h6-7,10-11H,3-5,8-9H2,1-2H3. The molecule has 0 N–H and O–H groups in total. The number of rotatable bonds is 3. The molecule has 2 heteroatoms. The second-order valence-electron chi connectivity index (χ2n) is 4.71. The van der Waals surface area contributed by atoms with Crippen LogP contribution in [-0.4, -0.2) is 13.1 Å². The van der Waals surface area contributed by atoms with E-state index in [9.17, 15) is 4.39 Å². The zero-order chi connectivity index (χ0) is 11.5. The van der Waals surface area contributed by atoms with Gasteiger partial charge < -0.3 is 4.90 Å². The van der Waals surface area contributed by atoms with Gasteiger partial charge in [0.1, 0.15) is 5.82 Å². The van der Waals surface area contributed by atoms with Crippen LogP contribution < -0.4 is 4.90 Å². The second kappa shape index (κ2) is 4.86. The lowest BCUT2D eigenvalue weighted by Crippen LogP contribution is -2.18. The highest BCUT2D eigenvalue weighted by atomic mass is 19.1. The molecule has 1 atom stereocenters. The molecule has 1 unspecified atom stereocenters. The van der Waals surface area contributed by atoms with Crippen LogP contribution in [-0.2, 0) is 0 Å². The zero-order valence-electron chi connectivity index (χ0n) is 10.2. The number of benzene rings is 1. The van der Waals surface area contributed by atoms with Crippen LogP contribution in [0.2, 0.25) is 0 Å². The largest absolute Gasteiger partial charge is 0.372 e. The van der Waals surface area contributed by atoms with Crippen LogP contribution in [0.5, 0.6) is 0 Å². The fraction of sp³-hybridized carbons (Fsp3) is 0.571. The molecular weight excluding hydrogens is 201 g/mol. The Kier molecular flexibility index (Phi) is 3.47. The fourth-order valence-electron chi connectivity index (χ4n) is 2.30. The van der Waals surface area contributed by atoms with E-state index in [0.29, 0.717) is 5.92 Å². The van der Waals surface area contributed by atoms with Gasteiger partial charge in [0.25, 0.3) is 0 Å². The van der Waals surface area contributed by atoms with E-state index >= 15 is 0 Å². The van der Waals surface area contributed by atoms with Crippen LogP contribution in [0.1, 0.15) is 44.6 Å². The minimum Gasteiger partial charge on any atom is -0.372 e. The number of anilines is 1. The first kappa shape index (κ1) is 11.4. The summed E-state index contributed by atoms with van der Waals surface area (Å²) in [5, 5.41) is 0. The molecule has 1 aromatic carbocycles. The number of halogens is 1. The molecular formula is C14H20FN. The second-order valence-corrected chi connectivity index (χ2v) is 4.71. The van der Waals surface area contributed by atoms with Crippen LogP contribution in [0.4, 0.5) is 10.1 Å². The van der Waals surface area contributed by atoms with Gasteiger partial charge in [-0.3, -0.25) is 0 Å². The first-order valence-corrected chi connectivity index (χ1v) is 6.26. The highest BCUT2D eigenvalue weighted by molar-refractivity contribution is 5.50. The molecule has 2 rings (SSSR count). The number of hydrogen-bond acceptors (Lipinski definition) is 1. The maximum absolute atomic E-state index is 13.7. The molecule has 1 saturated heterocycles. The molecule has 0 aromatic heterocycles. The minimum absolute atomic E-state index is 0.0581. The minimum atomic E-state index is -0.0581. The first-order chi connectivity index (χ1) is 7.72. The van der Waals surface area contributed by atoms with E-state index in [1.54, 1.807) is 6.07 Å². The Morgan fingerprint density at radius 1 is 1.31 bits per heavy atom. The third-order valence-corrected chi connectivity index (χ3v) is 3.59. The third-order valence-electron chi connectivity index (χ3n) is 3.59. The molecule has 0 spiro atoms. The molecule has 1 aromatic rings. The summed E-state index contributed by atoms with van der Waals surface area (Å²) in [5.41, 5.74) is 2.06. The highest BCUT2D eigenvalue weighted by Crippen LogP contribution is 2.28. The Labute approximate surface area is 97.3 Å². The summed E-state index contributed by atoms with van der Waals surface area (Å²) >= 11 is 0. The van der Waals surface area contributed by atoms with Gasteiger partial charge in [0, 0.05) is 18.8 Å². The summed E-state index contributed by atoms with van der Waals surface area (Å²) in [4.78, 5) is 2.35. The van der Waals surface area contributed by atoms with Crippen LogP contribution in [0.25, 0.3) is 0 Å². The third kappa shape index (κ3) is 2.21. The maximum Gasteiger partial charge on any atom is 0.126 e. The molecule has 1 fully saturated rings. The lowest BCUT2D eigenvalue weighted by molar-refractivity contribution is 0.583. The van der Waals surface area contributed by atoms with E-state index in [-0.39, 0.29) is 5.82 Å². The van der Waals surface area contributed by atoms with Crippen molar-refractivity contribution in [2.45, 2.75) is 39.0 Å². The van der Waals surface area contributed by atoms with Crippen molar-refractivity contribution in [2.75, 3.05) is 18.0 Å². The van der Waals surface area contributed by atoms with Crippen molar-refractivity contribution in [1.82, 2.24) is 0 Å². The van der Waals surface area contributed by atoms with Gasteiger partial charge in [-0.1, -0.05) is 13.8 Å². The molecule has 0 radical (unpaired) electrons. The molecule has 1 heterocycles. The van der Waals surface area contributed by atoms with Gasteiger partial charge in [-0.2, -0.15) is 0 Å². The lowest BCUT2D eigenvalue weighted by atomic mass is 9.97. The van der Waals surface area contributed by atoms with Gasteiger partial charge >= 0.3 is 0 Å². The molecule has 0 bridgehead atoms. The zero-order valence-corrected chi connectivity index (χ0v) is 10.2. The summed E-state index contributed by atoms with van der Waals surface area (Å²) in [6.07, 6.45) is 3.51. The highest BCUT2D eigenvalue weighted by Gasteiger charge is 2.15. The van der Waals surface area contributed by atoms with E-state index in [2.05, 4.69) is 18.7 Å². The molecule has 0 aliphatic carbocycles. The smallest absolute Gasteiger partial charge is 0.126 e. The quantitative estimate of drug-likeness (QED) is 0.747. The van der Waals surface area contributed by atoms with Gasteiger partial charge in [-0.25, -0.2) is 4.39 Å². The fourth-order valence-corrected chi connectivity index (χ4v) is 2.30. The summed E-state index contributed by atoms with van der Waals surface area (Å²) < 4.78 is 13.7. The lowest BCUT2D eigenvalue weighted by Gasteiger charge is -2.20. The summed E-state index contributed by atoms with van der Waals surface area (Å²) in [5.74, 6) is 0.250. The summed E-state index contributed by atoms with van der Waals surface area (Å²) in [7, 11) is 0. The van der Waals surface area contributed by atoms with Crippen molar-refractivity contribution in [3.63, 3.8) is 0 Å². The first-order valence-electron chi connectivity index (χ1n) is 6.26. The van der Waals surface area contributed by atoms with E-state index in [4.69, 9.17) is 0 Å². The van der Waals surface area contributed by atoms with Gasteiger partial charge in [-0.15, -0.1) is 0 Å². The van der Waals surface area contributed by atoms with Crippen LogP contribution in [0.3, 0.4) is 0 Å². The van der Waals surface area contributed by atoms with Crippen LogP contribution >= 0.6 is 0 Å². The monoisotopic (exact) mass is 221 g/mol. The Balaban J connectivity index is 2.27. The number of nitrogens with zero attached hydrogens (tertiary/aromatic N) is 1. The molecule has 88 valence electrons. The maximum atomic E-state index is 13.7. The predicted octanol–water partition coefficient (Wildman–Crippen LogP) is 3.94. The van der Waals surface area contributed by atoms with Crippen molar-refractivity contribution < 1.29 is 4.39 Å². The van der Waals surface area contributed by atoms with Crippen molar-refractivity contribution in [2.24, 2.45) is 0 Å². The SMILES string of the molecule is CCC(C)c1cc(N2CCCC2)ccc1F. The van der Waals surface area contributed by atoms with Gasteiger partial charge in [0.2, 0.25) is 0 Å². The van der Waals surface area contributed by atoms with Crippen molar-refractivity contribution in [1.29, 1.82) is 0 Å². The summed E-state index contributed by atoms with van der Waals surface area (Å²) in [6.45, 7) is 6.43. The van der Waals surface area contributed by atoms with Crippen molar-refractivity contribution in [3.05, 3.63) is 29.6 Å². The van der Waals surface area contributed by atoms with Gasteiger partial charge in [-0.05, 0) is 48.9 Å². The Morgan fingerprint density at radius 3 is 2.62 bits per heavy atom. The molecule has 0 amide bonds. The summed E-state index contributed by atoms with van der Waals surface area (Å²) in [6, 6.07) is 5.57. The van der Waals surface area contributed by atoms with E-state index < -0.39 is 0 Å². The topological polar surface area (TPSA) is 3.24 Å². The Morgan fingerprint density at radius 2 is 2.00 bits per heavy atom. The normalized spacial score (nSPS) is 17.8. The van der Waals surface area contributed by atoms with Crippen LogP contribution in [0, 0.1) is 5.82 Å². The average Bonchev–Trinajstić information content (AvgIpc) is 2.82. The average molecular weight is 221 g/mol. The van der Waals surface area contributed by atoms with E-state index in [1.807, 2.05) is 12.1 Å². The Hall–Kier alpha value is -1.05. The van der Waals surface area contributed by atoms with Gasteiger partial charge in [0.15, 0.2) is 0 Å². The Bertz CT molecular complexity index is 356. The predicted molar refractivity (Wildman–Crippen MR) is 66.6 cm³/mol. The molecule has 16 heavy (non-hydrogen) atoms. The molecule has 0 saturated carbocycles. The van der Waals surface area contributed by atoms with Gasteiger partial charge in [0.05, 0.1) is 0 Å². The number of hydrogen-bond donors (Lipinski definition) is 0. The van der Waals surface area contributed by atoms with Crippen molar-refractivity contribution in [3.8, 4) is 0 Å². The molecule has 1 aliphatic rings. The molecule has 1 nitrogen and oxygen atoms in total. The van der Waals surface area contributed by atoms with E-state index in [0.717, 1.165) is 25.1 Å².